The molecule has 1 unspecified atom stereocenters. The largest absolute Gasteiger partial charge is 0.480 e. The third-order valence-corrected chi connectivity index (χ3v) is 2.98. The second kappa shape index (κ2) is 8.75. The summed E-state index contributed by atoms with van der Waals surface area (Å²) in [4.78, 5) is 31.8. The standard InChI is InChI=1S/C7H13N3O3.C7H7NO/c8-2-6(11)10-4-1-5(7(12)13)9-3-4;8-7(9)6-4-2-1-3-5-6/h4-5,9H,1-3,8H2,(H,10,11)(H,12,13);1-5H,(H2,8,9)/t4?,5-;/m0./s1/i;1D. The predicted octanol–water partition coefficient (Wildman–Crippen LogP) is -1.34. The zero-order chi connectivity index (χ0) is 17.4. The van der Waals surface area contributed by atoms with E-state index in [4.69, 9.17) is 17.9 Å². The molecule has 0 saturated carbocycles. The second-order valence-electron chi connectivity index (χ2n) is 4.66. The Balaban J connectivity index is 0.000000238. The molecule has 7 N–H and O–H groups in total. The molecule has 1 saturated heterocycles. The lowest BCUT2D eigenvalue weighted by molar-refractivity contribution is -0.139. The van der Waals surface area contributed by atoms with Crippen LogP contribution in [0.2, 0.25) is 0 Å². The lowest BCUT2D eigenvalue weighted by Gasteiger charge is -2.09. The maximum atomic E-state index is 10.8. The average molecular weight is 309 g/mol. The molecule has 0 aliphatic carbocycles. The molecule has 0 aromatic heterocycles. The van der Waals surface area contributed by atoms with E-state index in [9.17, 15) is 14.4 Å². The van der Waals surface area contributed by atoms with Crippen LogP contribution in [0.4, 0.5) is 0 Å². The first-order chi connectivity index (χ1) is 10.8. The van der Waals surface area contributed by atoms with E-state index in [1.807, 2.05) is 0 Å². The van der Waals surface area contributed by atoms with Crippen molar-refractivity contribution in [1.29, 1.82) is 0 Å². The molecule has 0 spiro atoms. The molecule has 1 aliphatic rings. The average Bonchev–Trinajstić information content (AvgIpc) is 2.97. The van der Waals surface area contributed by atoms with E-state index in [0.29, 0.717) is 24.6 Å². The minimum absolute atomic E-state index is 0.0613. The Kier molecular flexibility index (Phi) is 6.34. The van der Waals surface area contributed by atoms with E-state index in [0.717, 1.165) is 0 Å². The summed E-state index contributed by atoms with van der Waals surface area (Å²) in [5, 5.41) is 14.0. The summed E-state index contributed by atoms with van der Waals surface area (Å²) >= 11 is 0. The number of rotatable bonds is 4. The highest BCUT2D eigenvalue weighted by Gasteiger charge is 2.29. The van der Waals surface area contributed by atoms with Crippen molar-refractivity contribution in [3.8, 4) is 0 Å². The van der Waals surface area contributed by atoms with Gasteiger partial charge in [-0.1, -0.05) is 18.2 Å². The van der Waals surface area contributed by atoms with E-state index in [1.165, 1.54) is 24.3 Å². The van der Waals surface area contributed by atoms with Gasteiger partial charge in [0.15, 0.2) is 0 Å². The number of benzene rings is 1. The smallest absolute Gasteiger partial charge is 0.320 e. The summed E-state index contributed by atoms with van der Waals surface area (Å²) in [6.07, 6.45) is 0.418. The van der Waals surface area contributed by atoms with Crippen LogP contribution in [0.3, 0.4) is 0 Å². The Bertz CT molecular complexity index is 564. The van der Waals surface area contributed by atoms with Gasteiger partial charge in [-0.15, -0.1) is 0 Å². The first-order valence-corrected chi connectivity index (χ1v) is 6.65. The van der Waals surface area contributed by atoms with Gasteiger partial charge >= 0.3 is 5.97 Å². The number of primary amides is 1. The molecule has 8 heteroatoms. The van der Waals surface area contributed by atoms with Gasteiger partial charge in [0.05, 0.1) is 7.92 Å². The number of hydrogen-bond donors (Lipinski definition) is 5. The molecular weight excluding hydrogens is 288 g/mol. The van der Waals surface area contributed by atoms with Crippen LogP contribution in [0.1, 0.15) is 18.1 Å². The number of carboxylic acids is 1. The van der Waals surface area contributed by atoms with Crippen molar-refractivity contribution in [2.24, 2.45) is 11.5 Å². The molecule has 1 aliphatic heterocycles. The Morgan fingerprint density at radius 1 is 1.41 bits per heavy atom. The first-order valence-electron chi connectivity index (χ1n) is 7.15. The topological polar surface area (TPSA) is 148 Å². The summed E-state index contributed by atoms with van der Waals surface area (Å²) in [6, 6.07) is 5.83. The van der Waals surface area contributed by atoms with Crippen LogP contribution in [0.5, 0.6) is 0 Å². The quantitative estimate of drug-likeness (QED) is 0.465. The van der Waals surface area contributed by atoms with Crippen molar-refractivity contribution < 1.29 is 20.9 Å². The van der Waals surface area contributed by atoms with Crippen LogP contribution in [0.25, 0.3) is 0 Å². The number of carboxylic acid groups (broad SMARTS) is 1. The van der Waals surface area contributed by atoms with Gasteiger partial charge in [0, 0.05) is 18.2 Å². The van der Waals surface area contributed by atoms with Crippen molar-refractivity contribution in [3.63, 3.8) is 0 Å². The normalized spacial score (nSPS) is 20.3. The third kappa shape index (κ3) is 5.90. The maximum absolute atomic E-state index is 10.8. The van der Waals surface area contributed by atoms with Crippen molar-refractivity contribution in [2.45, 2.75) is 18.5 Å². The van der Waals surface area contributed by atoms with Crippen LogP contribution in [-0.4, -0.2) is 48.1 Å². The number of aliphatic carboxylic acids is 1. The summed E-state index contributed by atoms with van der Waals surface area (Å²) < 4.78 is 7.08. The molecule has 2 amide bonds. The molecule has 1 aromatic rings. The molecule has 2 rings (SSSR count). The van der Waals surface area contributed by atoms with E-state index in [2.05, 4.69) is 10.6 Å². The van der Waals surface area contributed by atoms with E-state index < -0.39 is 17.9 Å². The lowest BCUT2D eigenvalue weighted by atomic mass is 10.2. The van der Waals surface area contributed by atoms with Crippen molar-refractivity contribution in [2.75, 3.05) is 13.1 Å². The van der Waals surface area contributed by atoms with Crippen molar-refractivity contribution >= 4 is 17.8 Å². The molecule has 8 nitrogen and oxygen atoms in total. The molecule has 1 aromatic carbocycles. The maximum Gasteiger partial charge on any atom is 0.320 e. The van der Waals surface area contributed by atoms with E-state index in [-0.39, 0.29) is 18.5 Å². The van der Waals surface area contributed by atoms with Crippen LogP contribution < -0.4 is 22.1 Å². The molecule has 1 fully saturated rings. The van der Waals surface area contributed by atoms with Gasteiger partial charge in [-0.05, 0) is 18.6 Å². The number of nitrogens with two attached hydrogens (primary N) is 2. The van der Waals surface area contributed by atoms with Gasteiger partial charge in [0.25, 0.3) is 0 Å². The first kappa shape index (κ1) is 15.9. The Morgan fingerprint density at radius 2 is 2.05 bits per heavy atom. The molecule has 2 atom stereocenters. The number of nitrogens with one attached hydrogen (secondary N) is 2. The van der Waals surface area contributed by atoms with Crippen LogP contribution >= 0.6 is 0 Å². The fourth-order valence-corrected chi connectivity index (χ4v) is 1.87. The molecule has 0 radical (unpaired) electrons. The summed E-state index contributed by atoms with van der Waals surface area (Å²) in [5.74, 6) is -1.60. The minimum atomic E-state index is -0.885. The SMILES string of the molecule is NCC(=O)NC1CN[C@H](C(=O)O)C1.[2H]c1ccc(C(N)=O)cc1. The van der Waals surface area contributed by atoms with Gasteiger partial charge in [-0.25, -0.2) is 0 Å². The van der Waals surface area contributed by atoms with Gasteiger partial charge in [0.2, 0.25) is 11.8 Å². The fraction of sp³-hybridized carbons (Fsp3) is 0.357. The van der Waals surface area contributed by atoms with E-state index >= 15 is 0 Å². The highest BCUT2D eigenvalue weighted by Crippen LogP contribution is 2.06. The minimum Gasteiger partial charge on any atom is -0.480 e. The zero-order valence-corrected chi connectivity index (χ0v) is 11.9. The predicted molar refractivity (Wildman–Crippen MR) is 80.0 cm³/mol. The van der Waals surface area contributed by atoms with Gasteiger partial charge in [-0.3, -0.25) is 14.4 Å². The van der Waals surface area contributed by atoms with E-state index in [1.54, 1.807) is 0 Å². The number of carbonyl (C=O) groups excluding carboxylic acids is 2. The summed E-state index contributed by atoms with van der Waals surface area (Å²) in [6.45, 7) is 0.428. The molecule has 22 heavy (non-hydrogen) atoms. The summed E-state index contributed by atoms with van der Waals surface area (Å²) in [5.41, 5.74) is 10.5. The lowest BCUT2D eigenvalue weighted by Crippen LogP contribution is -2.39. The Hall–Kier alpha value is -2.45. The van der Waals surface area contributed by atoms with Crippen LogP contribution in [0, 0.1) is 0 Å². The molecule has 0 bridgehead atoms. The van der Waals surface area contributed by atoms with Crippen LogP contribution in [-0.2, 0) is 9.59 Å². The van der Waals surface area contributed by atoms with Crippen LogP contribution in [0.15, 0.2) is 30.3 Å². The Labute approximate surface area is 129 Å². The molecule has 120 valence electrons. The molecular formula is C14H20N4O4. The molecule has 1 heterocycles. The summed E-state index contributed by atoms with van der Waals surface area (Å²) in [7, 11) is 0. The zero-order valence-electron chi connectivity index (χ0n) is 12.9. The van der Waals surface area contributed by atoms with Gasteiger partial charge < -0.3 is 27.2 Å². The number of amides is 2. The highest BCUT2D eigenvalue weighted by atomic mass is 16.4. The fourth-order valence-electron chi connectivity index (χ4n) is 1.87. The van der Waals surface area contributed by atoms with Gasteiger partial charge in [0.1, 0.15) is 6.04 Å². The third-order valence-electron chi connectivity index (χ3n) is 2.98. The number of carbonyl (C=O) groups is 3. The second-order valence-corrected chi connectivity index (χ2v) is 4.66. The Morgan fingerprint density at radius 3 is 2.50 bits per heavy atom. The van der Waals surface area contributed by atoms with Crippen molar-refractivity contribution in [3.05, 3.63) is 35.9 Å². The number of hydrogen-bond acceptors (Lipinski definition) is 5. The highest BCUT2D eigenvalue weighted by molar-refractivity contribution is 5.92. The van der Waals surface area contributed by atoms with Crippen molar-refractivity contribution in [1.82, 2.24) is 10.6 Å². The van der Waals surface area contributed by atoms with Gasteiger partial charge in [-0.2, -0.15) is 0 Å². The monoisotopic (exact) mass is 309 g/mol.